The molecule has 0 aliphatic rings. The molecule has 0 bridgehead atoms. The molecule has 156 valence electrons. The summed E-state index contributed by atoms with van der Waals surface area (Å²) < 4.78 is 1.30. The molecule has 3 aromatic heterocycles. The van der Waals surface area contributed by atoms with E-state index >= 15 is 0 Å². The third-order valence-electron chi connectivity index (χ3n) is 4.39. The Morgan fingerprint density at radius 2 is 1.74 bits per heavy atom. The fraction of sp³-hybridized carbons (Fsp3) is 0.143. The van der Waals surface area contributed by atoms with Gasteiger partial charge in [0.1, 0.15) is 30.3 Å². The Hall–Kier alpha value is -4.34. The predicted molar refractivity (Wildman–Crippen MR) is 117 cm³/mol. The van der Waals surface area contributed by atoms with Gasteiger partial charge in [-0.3, -0.25) is 14.2 Å². The van der Waals surface area contributed by atoms with Gasteiger partial charge in [0.2, 0.25) is 5.91 Å². The van der Waals surface area contributed by atoms with E-state index in [1.54, 1.807) is 30.5 Å². The van der Waals surface area contributed by atoms with E-state index in [0.717, 1.165) is 0 Å². The zero-order chi connectivity index (χ0) is 21.5. The van der Waals surface area contributed by atoms with Crippen molar-refractivity contribution in [2.45, 2.75) is 6.54 Å². The smallest absolute Gasteiger partial charge is 0.261 e. The summed E-state index contributed by atoms with van der Waals surface area (Å²) in [4.78, 5) is 41.4. The third-order valence-corrected chi connectivity index (χ3v) is 4.39. The second kappa shape index (κ2) is 9.44. The highest BCUT2D eigenvalue weighted by molar-refractivity contribution is 5.78. The van der Waals surface area contributed by atoms with Crippen LogP contribution in [-0.4, -0.2) is 43.5 Å². The van der Waals surface area contributed by atoms with Crippen LogP contribution in [-0.2, 0) is 11.3 Å². The molecular formula is C21H20N8O2. The molecule has 3 N–H and O–H groups in total. The second-order valence-electron chi connectivity index (χ2n) is 6.60. The van der Waals surface area contributed by atoms with Crippen molar-refractivity contribution in [1.29, 1.82) is 0 Å². The number of carbonyl (C=O) groups is 1. The normalized spacial score (nSPS) is 10.6. The Morgan fingerprint density at radius 3 is 2.61 bits per heavy atom. The van der Waals surface area contributed by atoms with Crippen LogP contribution in [0.1, 0.15) is 0 Å². The van der Waals surface area contributed by atoms with Crippen molar-refractivity contribution in [2.75, 3.05) is 23.7 Å². The van der Waals surface area contributed by atoms with Gasteiger partial charge in [0.25, 0.3) is 5.56 Å². The van der Waals surface area contributed by atoms with Gasteiger partial charge in [-0.2, -0.15) is 0 Å². The number of fused-ring (bicyclic) bond motifs is 1. The molecule has 0 aliphatic carbocycles. The Bertz CT molecular complexity index is 1240. The van der Waals surface area contributed by atoms with Gasteiger partial charge in [-0.15, -0.1) is 0 Å². The van der Waals surface area contributed by atoms with E-state index in [0.29, 0.717) is 41.4 Å². The van der Waals surface area contributed by atoms with Gasteiger partial charge in [-0.25, -0.2) is 19.9 Å². The first-order valence-corrected chi connectivity index (χ1v) is 9.64. The van der Waals surface area contributed by atoms with Crippen molar-refractivity contribution < 1.29 is 4.79 Å². The number of rotatable bonds is 8. The summed E-state index contributed by atoms with van der Waals surface area (Å²) >= 11 is 0. The number of nitrogens with one attached hydrogen (secondary N) is 3. The summed E-state index contributed by atoms with van der Waals surface area (Å²) in [6, 6.07) is 14.3. The summed E-state index contributed by atoms with van der Waals surface area (Å²) in [5, 5.41) is 9.46. The molecule has 1 amide bonds. The summed E-state index contributed by atoms with van der Waals surface area (Å²) in [5.41, 5.74) is 0.364. The van der Waals surface area contributed by atoms with Gasteiger partial charge < -0.3 is 16.0 Å². The number of aromatic nitrogens is 5. The Balaban J connectivity index is 1.26. The molecule has 0 radical (unpaired) electrons. The summed E-state index contributed by atoms with van der Waals surface area (Å²) in [6.07, 6.45) is 4.51. The average Bonchev–Trinajstić information content (AvgIpc) is 2.80. The molecule has 3 heterocycles. The highest BCUT2D eigenvalue weighted by Gasteiger charge is 2.07. The van der Waals surface area contributed by atoms with Crippen molar-refractivity contribution >= 4 is 34.3 Å². The molecule has 0 spiro atoms. The van der Waals surface area contributed by atoms with E-state index < -0.39 is 0 Å². The maximum Gasteiger partial charge on any atom is 0.261 e. The van der Waals surface area contributed by atoms with Gasteiger partial charge >= 0.3 is 0 Å². The van der Waals surface area contributed by atoms with E-state index in [-0.39, 0.29) is 18.0 Å². The van der Waals surface area contributed by atoms with Gasteiger partial charge in [-0.1, -0.05) is 18.2 Å². The van der Waals surface area contributed by atoms with Crippen molar-refractivity contribution in [3.8, 4) is 0 Å². The van der Waals surface area contributed by atoms with E-state index in [1.165, 1.54) is 17.2 Å². The topological polar surface area (TPSA) is 127 Å². The van der Waals surface area contributed by atoms with Crippen LogP contribution in [0.3, 0.4) is 0 Å². The molecule has 10 nitrogen and oxygen atoms in total. The highest BCUT2D eigenvalue weighted by atomic mass is 16.2. The predicted octanol–water partition coefficient (Wildman–Crippen LogP) is 1.55. The lowest BCUT2D eigenvalue weighted by molar-refractivity contribution is -0.121. The molecule has 10 heteroatoms. The van der Waals surface area contributed by atoms with Crippen LogP contribution in [0.5, 0.6) is 0 Å². The monoisotopic (exact) mass is 416 g/mol. The highest BCUT2D eigenvalue weighted by Crippen LogP contribution is 2.13. The largest absolute Gasteiger partial charge is 0.368 e. The van der Waals surface area contributed by atoms with Crippen molar-refractivity contribution in [1.82, 2.24) is 29.8 Å². The fourth-order valence-electron chi connectivity index (χ4n) is 2.91. The molecule has 0 saturated carbocycles. The molecule has 0 atom stereocenters. The van der Waals surface area contributed by atoms with E-state index in [1.807, 2.05) is 24.3 Å². The number of amides is 1. The fourth-order valence-corrected chi connectivity index (χ4v) is 2.91. The number of anilines is 3. The van der Waals surface area contributed by atoms with Crippen LogP contribution in [0.4, 0.5) is 17.5 Å². The van der Waals surface area contributed by atoms with Crippen LogP contribution < -0.4 is 21.5 Å². The summed E-state index contributed by atoms with van der Waals surface area (Å²) in [6.45, 7) is 0.723. The van der Waals surface area contributed by atoms with E-state index in [4.69, 9.17) is 0 Å². The second-order valence-corrected chi connectivity index (χ2v) is 6.60. The number of benzene rings is 1. The van der Waals surface area contributed by atoms with Crippen LogP contribution >= 0.6 is 0 Å². The third kappa shape index (κ3) is 5.18. The van der Waals surface area contributed by atoms with Crippen molar-refractivity contribution in [2.24, 2.45) is 0 Å². The quantitative estimate of drug-likeness (QED) is 0.369. The van der Waals surface area contributed by atoms with Gasteiger partial charge in [0.15, 0.2) is 0 Å². The number of para-hydroxylation sites is 1. The molecule has 1 aromatic carbocycles. The molecule has 0 aliphatic heterocycles. The summed E-state index contributed by atoms with van der Waals surface area (Å²) in [7, 11) is 0. The standard InChI is InChI=1S/C21H20N8O2/c30-20(12-29-14-27-16-6-2-1-5-15(16)21(29)31)24-10-9-23-18-11-19(26-13-25-18)28-17-7-3-4-8-22-17/h1-8,11,13-14H,9-10,12H2,(H,24,30)(H2,22,23,25,26,28). The maximum atomic E-state index is 12.4. The maximum absolute atomic E-state index is 12.4. The number of pyridine rings is 1. The first-order valence-electron chi connectivity index (χ1n) is 9.64. The number of nitrogens with zero attached hydrogens (tertiary/aromatic N) is 5. The van der Waals surface area contributed by atoms with Gasteiger partial charge in [0.05, 0.1) is 17.2 Å². The number of carbonyl (C=O) groups excluding carboxylic acids is 1. The number of hydrogen-bond acceptors (Lipinski definition) is 8. The molecule has 4 aromatic rings. The molecular weight excluding hydrogens is 396 g/mol. The number of hydrogen-bond donors (Lipinski definition) is 3. The minimum absolute atomic E-state index is 0.0949. The van der Waals surface area contributed by atoms with Crippen molar-refractivity contribution in [3.63, 3.8) is 0 Å². The van der Waals surface area contributed by atoms with E-state index in [9.17, 15) is 9.59 Å². The van der Waals surface area contributed by atoms with Gasteiger partial charge in [-0.05, 0) is 24.3 Å². The Kier molecular flexibility index (Phi) is 6.08. The van der Waals surface area contributed by atoms with Gasteiger partial charge in [0, 0.05) is 25.4 Å². The Morgan fingerprint density at radius 1 is 0.903 bits per heavy atom. The lowest BCUT2D eigenvalue weighted by Gasteiger charge is -2.10. The first kappa shape index (κ1) is 20.0. The summed E-state index contributed by atoms with van der Waals surface area (Å²) in [5.74, 6) is 1.61. The molecule has 0 unspecified atom stereocenters. The van der Waals surface area contributed by atoms with Crippen LogP contribution in [0.15, 0.2) is 72.2 Å². The van der Waals surface area contributed by atoms with Crippen molar-refractivity contribution in [3.05, 3.63) is 77.7 Å². The van der Waals surface area contributed by atoms with Crippen LogP contribution in [0, 0.1) is 0 Å². The average molecular weight is 416 g/mol. The van der Waals surface area contributed by atoms with Crippen LogP contribution in [0.25, 0.3) is 10.9 Å². The lowest BCUT2D eigenvalue weighted by Crippen LogP contribution is -2.35. The first-order chi connectivity index (χ1) is 15.2. The zero-order valence-corrected chi connectivity index (χ0v) is 16.5. The molecule has 0 fully saturated rings. The Labute approximate surface area is 177 Å². The van der Waals surface area contributed by atoms with E-state index in [2.05, 4.69) is 35.9 Å². The minimum Gasteiger partial charge on any atom is -0.368 e. The minimum atomic E-state index is -0.277. The molecule has 0 saturated heterocycles. The SMILES string of the molecule is O=C(Cn1cnc2ccccc2c1=O)NCCNc1cc(Nc2ccccn2)ncn1. The molecule has 4 rings (SSSR count). The van der Waals surface area contributed by atoms with Crippen LogP contribution in [0.2, 0.25) is 0 Å². The zero-order valence-electron chi connectivity index (χ0n) is 16.5. The molecule has 31 heavy (non-hydrogen) atoms. The lowest BCUT2D eigenvalue weighted by atomic mass is 10.2.